The Morgan fingerprint density at radius 2 is 1.41 bits per heavy atom. The van der Waals surface area contributed by atoms with E-state index in [1.165, 1.54) is 5.56 Å². The third-order valence-electron chi connectivity index (χ3n) is 3.15. The molecule has 0 saturated carbocycles. The molecule has 2 aromatic rings. The van der Waals surface area contributed by atoms with E-state index in [0.717, 1.165) is 16.7 Å². The Balaban J connectivity index is 2.68. The van der Waals surface area contributed by atoms with Gasteiger partial charge in [-0.1, -0.05) is 24.3 Å². The summed E-state index contributed by atoms with van der Waals surface area (Å²) in [6, 6.07) is 9.20. The summed E-state index contributed by atoms with van der Waals surface area (Å²) in [5, 5.41) is 19.9. The summed E-state index contributed by atoms with van der Waals surface area (Å²) in [6.45, 7) is 5.87. The van der Waals surface area contributed by atoms with Gasteiger partial charge in [-0.2, -0.15) is 0 Å². The minimum Gasteiger partial charge on any atom is -0.507 e. The van der Waals surface area contributed by atoms with Gasteiger partial charge in [-0.05, 0) is 49.1 Å². The normalized spacial score (nSPS) is 10.5. The maximum absolute atomic E-state index is 10.0. The van der Waals surface area contributed by atoms with Crippen LogP contribution in [0.4, 0.5) is 0 Å². The van der Waals surface area contributed by atoms with Crippen LogP contribution in [0.3, 0.4) is 0 Å². The number of aryl methyl sites for hydroxylation is 3. The molecule has 0 radical (unpaired) electrons. The molecule has 0 aliphatic carbocycles. The first-order valence-corrected chi connectivity index (χ1v) is 5.60. The van der Waals surface area contributed by atoms with Crippen LogP contribution >= 0.6 is 0 Å². The van der Waals surface area contributed by atoms with Gasteiger partial charge in [0.05, 0.1) is 5.56 Å². The van der Waals surface area contributed by atoms with Crippen molar-refractivity contribution in [3.8, 4) is 22.6 Å². The predicted molar refractivity (Wildman–Crippen MR) is 69.4 cm³/mol. The number of benzene rings is 2. The van der Waals surface area contributed by atoms with E-state index in [1.54, 1.807) is 12.1 Å². The van der Waals surface area contributed by atoms with E-state index in [4.69, 9.17) is 0 Å². The highest BCUT2D eigenvalue weighted by Gasteiger charge is 2.12. The summed E-state index contributed by atoms with van der Waals surface area (Å²) in [6.07, 6.45) is 0. The first kappa shape index (κ1) is 11.5. The molecule has 0 aliphatic rings. The minimum absolute atomic E-state index is 0.108. The van der Waals surface area contributed by atoms with Crippen LogP contribution in [0.1, 0.15) is 16.7 Å². The van der Waals surface area contributed by atoms with Crippen LogP contribution in [0.25, 0.3) is 11.1 Å². The predicted octanol–water partition coefficient (Wildman–Crippen LogP) is 3.69. The molecule has 2 aromatic carbocycles. The highest BCUT2D eigenvalue weighted by atomic mass is 16.3. The molecule has 0 aromatic heterocycles. The number of rotatable bonds is 1. The van der Waals surface area contributed by atoms with Crippen LogP contribution in [0.5, 0.6) is 11.5 Å². The maximum atomic E-state index is 10.0. The molecular weight excluding hydrogens is 212 g/mol. The average molecular weight is 228 g/mol. The second kappa shape index (κ2) is 4.13. The molecule has 2 N–H and O–H groups in total. The topological polar surface area (TPSA) is 40.5 Å². The van der Waals surface area contributed by atoms with E-state index >= 15 is 0 Å². The van der Waals surface area contributed by atoms with Crippen molar-refractivity contribution in [3.05, 3.63) is 47.0 Å². The van der Waals surface area contributed by atoms with Crippen molar-refractivity contribution in [2.24, 2.45) is 0 Å². The molecule has 2 rings (SSSR count). The van der Waals surface area contributed by atoms with E-state index in [0.29, 0.717) is 5.56 Å². The van der Waals surface area contributed by atoms with E-state index < -0.39 is 0 Å². The molecule has 0 heterocycles. The van der Waals surface area contributed by atoms with Gasteiger partial charge in [0.2, 0.25) is 0 Å². The Hall–Kier alpha value is -1.96. The van der Waals surface area contributed by atoms with Gasteiger partial charge in [-0.25, -0.2) is 0 Å². The van der Waals surface area contributed by atoms with Gasteiger partial charge in [-0.3, -0.25) is 0 Å². The van der Waals surface area contributed by atoms with Crippen molar-refractivity contribution in [2.45, 2.75) is 20.8 Å². The molecule has 0 saturated heterocycles. The fraction of sp³-hybridized carbons (Fsp3) is 0.200. The lowest BCUT2D eigenvalue weighted by Gasteiger charge is -2.11. The largest absolute Gasteiger partial charge is 0.507 e. The lowest BCUT2D eigenvalue weighted by atomic mass is 9.97. The lowest BCUT2D eigenvalue weighted by Crippen LogP contribution is -1.87. The average Bonchev–Trinajstić information content (AvgIpc) is 2.29. The summed E-state index contributed by atoms with van der Waals surface area (Å²) in [7, 11) is 0. The van der Waals surface area contributed by atoms with E-state index in [9.17, 15) is 10.2 Å². The first-order valence-electron chi connectivity index (χ1n) is 5.60. The van der Waals surface area contributed by atoms with Gasteiger partial charge >= 0.3 is 0 Å². The van der Waals surface area contributed by atoms with Crippen LogP contribution in [-0.4, -0.2) is 10.2 Å². The van der Waals surface area contributed by atoms with Crippen molar-refractivity contribution in [1.29, 1.82) is 0 Å². The summed E-state index contributed by atoms with van der Waals surface area (Å²) < 4.78 is 0. The van der Waals surface area contributed by atoms with Gasteiger partial charge in [0.25, 0.3) is 0 Å². The summed E-state index contributed by atoms with van der Waals surface area (Å²) >= 11 is 0. The Labute approximate surface area is 101 Å². The highest BCUT2D eigenvalue weighted by Crippen LogP contribution is 2.39. The summed E-state index contributed by atoms with van der Waals surface area (Å²) in [5.41, 5.74) is 4.44. The molecular formula is C15H16O2. The molecule has 17 heavy (non-hydrogen) atoms. The lowest BCUT2D eigenvalue weighted by molar-refractivity contribution is 0.451. The Morgan fingerprint density at radius 1 is 0.765 bits per heavy atom. The number of hydrogen-bond donors (Lipinski definition) is 2. The van der Waals surface area contributed by atoms with Gasteiger partial charge < -0.3 is 10.2 Å². The third kappa shape index (κ3) is 1.98. The van der Waals surface area contributed by atoms with Crippen molar-refractivity contribution in [1.82, 2.24) is 0 Å². The molecule has 0 aliphatic heterocycles. The van der Waals surface area contributed by atoms with Gasteiger partial charge in [0.15, 0.2) is 0 Å². The molecule has 88 valence electrons. The summed E-state index contributed by atoms with van der Waals surface area (Å²) in [5.74, 6) is 0.254. The number of phenolic OH excluding ortho intramolecular Hbond substituents is 2. The van der Waals surface area contributed by atoms with Crippen LogP contribution in [0, 0.1) is 20.8 Å². The Morgan fingerprint density at radius 3 is 2.06 bits per heavy atom. The molecule has 0 unspecified atom stereocenters. The van der Waals surface area contributed by atoms with Crippen LogP contribution in [-0.2, 0) is 0 Å². The Kier molecular flexibility index (Phi) is 2.80. The van der Waals surface area contributed by atoms with Gasteiger partial charge in [-0.15, -0.1) is 0 Å². The van der Waals surface area contributed by atoms with Crippen LogP contribution in [0.2, 0.25) is 0 Å². The van der Waals surface area contributed by atoms with E-state index in [-0.39, 0.29) is 11.5 Å². The van der Waals surface area contributed by atoms with Crippen molar-refractivity contribution in [2.75, 3.05) is 0 Å². The Bertz CT molecular complexity index is 571. The van der Waals surface area contributed by atoms with Gasteiger partial charge in [0, 0.05) is 0 Å². The molecule has 0 amide bonds. The number of hydrogen-bond acceptors (Lipinski definition) is 2. The van der Waals surface area contributed by atoms with E-state index in [1.807, 2.05) is 39.0 Å². The zero-order chi connectivity index (χ0) is 12.6. The second-order valence-electron chi connectivity index (χ2n) is 4.42. The fourth-order valence-electron chi connectivity index (χ4n) is 1.87. The summed E-state index contributed by atoms with van der Waals surface area (Å²) in [4.78, 5) is 0. The quantitative estimate of drug-likeness (QED) is 0.781. The van der Waals surface area contributed by atoms with Crippen molar-refractivity contribution >= 4 is 0 Å². The molecule has 0 fully saturated rings. The van der Waals surface area contributed by atoms with Crippen molar-refractivity contribution in [3.63, 3.8) is 0 Å². The zero-order valence-electron chi connectivity index (χ0n) is 10.3. The first-order chi connectivity index (χ1) is 8.00. The molecule has 0 spiro atoms. The molecule has 0 atom stereocenters. The van der Waals surface area contributed by atoms with Crippen LogP contribution < -0.4 is 0 Å². The van der Waals surface area contributed by atoms with Gasteiger partial charge in [0.1, 0.15) is 11.5 Å². The fourth-order valence-corrected chi connectivity index (χ4v) is 1.87. The third-order valence-corrected chi connectivity index (χ3v) is 3.15. The van der Waals surface area contributed by atoms with Crippen LogP contribution in [0.15, 0.2) is 30.3 Å². The molecule has 2 heteroatoms. The minimum atomic E-state index is 0.108. The van der Waals surface area contributed by atoms with Crippen molar-refractivity contribution < 1.29 is 10.2 Å². The highest BCUT2D eigenvalue weighted by molar-refractivity contribution is 5.78. The number of phenols is 2. The maximum Gasteiger partial charge on any atom is 0.130 e. The standard InChI is InChI=1S/C15H16O2/c1-9-4-6-12(8-11(9)3)14-13(16)7-5-10(2)15(14)17/h4-8,16-17H,1-3H3. The smallest absolute Gasteiger partial charge is 0.130 e. The SMILES string of the molecule is Cc1ccc(-c2c(O)ccc(C)c2O)cc1C. The zero-order valence-corrected chi connectivity index (χ0v) is 10.3. The number of aromatic hydroxyl groups is 2. The molecule has 0 bridgehead atoms. The molecule has 2 nitrogen and oxygen atoms in total. The van der Waals surface area contributed by atoms with E-state index in [2.05, 4.69) is 0 Å². The second-order valence-corrected chi connectivity index (χ2v) is 4.42. The monoisotopic (exact) mass is 228 g/mol.